The maximum Gasteiger partial charge on any atom is 0.408 e. The first-order valence-electron chi connectivity index (χ1n) is 8.81. The Labute approximate surface area is 161 Å². The summed E-state index contributed by atoms with van der Waals surface area (Å²) in [6.07, 6.45) is -0.425. The highest BCUT2D eigenvalue weighted by molar-refractivity contribution is 5.82. The molecule has 0 saturated carbocycles. The first-order chi connectivity index (χ1) is 12.4. The maximum absolute atomic E-state index is 12.5. The predicted octanol–water partition coefficient (Wildman–Crippen LogP) is 2.81. The van der Waals surface area contributed by atoms with E-state index in [0.717, 1.165) is 11.1 Å². The third-order valence-electron chi connectivity index (χ3n) is 3.09. The fourth-order valence-electron chi connectivity index (χ4n) is 2.12. The predicted molar refractivity (Wildman–Crippen MR) is 103 cm³/mol. The number of hydrogen-bond donors (Lipinski definition) is 2. The number of nitrogens with one attached hydrogen (secondary N) is 1. The standard InChI is InChI=1S/C21H29NO5/c1-20(2,3)26-18(24)17(22-19(25)27-21(4,5)6)14-16-11-9-15(10-12-16)8-7-13-23/h9-12,17,23H,13-14H2,1-6H3,(H,22,25)/t17-/m0/s1. The molecular formula is C21H29NO5. The molecule has 0 aliphatic heterocycles. The van der Waals surface area contributed by atoms with Crippen molar-refractivity contribution in [1.82, 2.24) is 5.32 Å². The number of benzene rings is 1. The number of rotatable bonds is 4. The number of ether oxygens (including phenoxy) is 2. The molecule has 0 unspecified atom stereocenters. The lowest BCUT2D eigenvalue weighted by atomic mass is 10.0. The second-order valence-electron chi connectivity index (χ2n) is 8.09. The lowest BCUT2D eigenvalue weighted by Gasteiger charge is -2.26. The van der Waals surface area contributed by atoms with Gasteiger partial charge in [0.25, 0.3) is 0 Å². The Balaban J connectivity index is 2.93. The summed E-state index contributed by atoms with van der Waals surface area (Å²) in [7, 11) is 0. The molecule has 1 rings (SSSR count). The van der Waals surface area contributed by atoms with Crippen molar-refractivity contribution in [2.24, 2.45) is 0 Å². The Morgan fingerprint density at radius 3 is 2.07 bits per heavy atom. The largest absolute Gasteiger partial charge is 0.458 e. The topological polar surface area (TPSA) is 84.9 Å². The van der Waals surface area contributed by atoms with Gasteiger partial charge in [0.05, 0.1) is 0 Å². The van der Waals surface area contributed by atoms with E-state index in [4.69, 9.17) is 14.6 Å². The molecule has 0 radical (unpaired) electrons. The average molecular weight is 375 g/mol. The second-order valence-corrected chi connectivity index (χ2v) is 8.09. The minimum atomic E-state index is -0.881. The van der Waals surface area contributed by atoms with Crippen LogP contribution in [0.4, 0.5) is 4.79 Å². The van der Waals surface area contributed by atoms with Crippen LogP contribution in [0.3, 0.4) is 0 Å². The number of esters is 1. The molecule has 0 bridgehead atoms. The smallest absolute Gasteiger partial charge is 0.408 e. The molecule has 0 spiro atoms. The van der Waals surface area contributed by atoms with Gasteiger partial charge in [-0.25, -0.2) is 9.59 Å². The highest BCUT2D eigenvalue weighted by atomic mass is 16.6. The van der Waals surface area contributed by atoms with E-state index < -0.39 is 29.3 Å². The van der Waals surface area contributed by atoms with E-state index in [1.807, 2.05) is 12.1 Å². The Kier molecular flexibility index (Phi) is 7.86. The van der Waals surface area contributed by atoms with E-state index in [0.29, 0.717) is 0 Å². The summed E-state index contributed by atoms with van der Waals surface area (Å²) in [6.45, 7) is 10.4. The van der Waals surface area contributed by atoms with Crippen LogP contribution in [-0.2, 0) is 20.7 Å². The molecule has 1 atom stereocenters. The summed E-state index contributed by atoms with van der Waals surface area (Å²) in [5.41, 5.74) is 0.239. The van der Waals surface area contributed by atoms with Crippen LogP contribution in [0.1, 0.15) is 52.7 Å². The highest BCUT2D eigenvalue weighted by Gasteiger charge is 2.28. The lowest BCUT2D eigenvalue weighted by Crippen LogP contribution is -2.47. The molecule has 2 N–H and O–H groups in total. The summed E-state index contributed by atoms with van der Waals surface area (Å²) in [6, 6.07) is 6.33. The van der Waals surface area contributed by atoms with Gasteiger partial charge in [0.15, 0.2) is 0 Å². The molecule has 27 heavy (non-hydrogen) atoms. The normalized spacial score (nSPS) is 12.4. The van der Waals surface area contributed by atoms with Crippen molar-refractivity contribution in [3.8, 4) is 11.8 Å². The number of alkyl carbamates (subject to hydrolysis) is 1. The van der Waals surface area contributed by atoms with Crippen LogP contribution in [0.15, 0.2) is 24.3 Å². The van der Waals surface area contributed by atoms with Crippen molar-refractivity contribution in [3.05, 3.63) is 35.4 Å². The molecule has 1 aromatic carbocycles. The van der Waals surface area contributed by atoms with Gasteiger partial charge in [-0.3, -0.25) is 0 Å². The van der Waals surface area contributed by atoms with Gasteiger partial charge in [-0.05, 0) is 59.2 Å². The van der Waals surface area contributed by atoms with Gasteiger partial charge in [0.1, 0.15) is 23.9 Å². The molecular weight excluding hydrogens is 346 g/mol. The molecule has 0 heterocycles. The molecule has 0 fully saturated rings. The fraction of sp³-hybridized carbons (Fsp3) is 0.524. The summed E-state index contributed by atoms with van der Waals surface area (Å²) < 4.78 is 10.7. The minimum Gasteiger partial charge on any atom is -0.458 e. The van der Waals surface area contributed by atoms with Gasteiger partial charge in [-0.15, -0.1) is 0 Å². The number of amides is 1. The summed E-state index contributed by atoms with van der Waals surface area (Å²) >= 11 is 0. The molecule has 0 aliphatic carbocycles. The fourth-order valence-corrected chi connectivity index (χ4v) is 2.12. The highest BCUT2D eigenvalue weighted by Crippen LogP contribution is 2.13. The molecule has 1 amide bonds. The number of carbonyl (C=O) groups excluding carboxylic acids is 2. The quantitative estimate of drug-likeness (QED) is 0.624. The molecule has 0 aromatic heterocycles. The van der Waals surface area contributed by atoms with Crippen LogP contribution in [-0.4, -0.2) is 41.0 Å². The van der Waals surface area contributed by atoms with Crippen LogP contribution >= 0.6 is 0 Å². The third kappa shape index (κ3) is 9.66. The maximum atomic E-state index is 12.5. The van der Waals surface area contributed by atoms with Crippen molar-refractivity contribution in [3.63, 3.8) is 0 Å². The molecule has 148 valence electrons. The van der Waals surface area contributed by atoms with E-state index in [2.05, 4.69) is 17.2 Å². The second kappa shape index (κ2) is 9.43. The summed E-state index contributed by atoms with van der Waals surface area (Å²) in [5, 5.41) is 11.3. The Bertz CT molecular complexity index is 699. The van der Waals surface area contributed by atoms with Crippen LogP contribution in [0.5, 0.6) is 0 Å². The SMILES string of the molecule is CC(C)(C)OC(=O)N[C@@H](Cc1ccc(C#CCO)cc1)C(=O)OC(C)(C)C. The van der Waals surface area contributed by atoms with E-state index in [-0.39, 0.29) is 13.0 Å². The molecule has 6 nitrogen and oxygen atoms in total. The van der Waals surface area contributed by atoms with Gasteiger partial charge in [0.2, 0.25) is 0 Å². The van der Waals surface area contributed by atoms with Crippen molar-refractivity contribution in [2.75, 3.05) is 6.61 Å². The molecule has 0 aliphatic rings. The Hall–Kier alpha value is -2.52. The third-order valence-corrected chi connectivity index (χ3v) is 3.09. The van der Waals surface area contributed by atoms with Crippen LogP contribution in [0.2, 0.25) is 0 Å². The van der Waals surface area contributed by atoms with Gasteiger partial charge in [0, 0.05) is 12.0 Å². The average Bonchev–Trinajstić information content (AvgIpc) is 2.50. The molecule has 0 saturated heterocycles. The zero-order valence-corrected chi connectivity index (χ0v) is 16.9. The zero-order chi connectivity index (χ0) is 20.7. The van der Waals surface area contributed by atoms with Crippen LogP contribution in [0.25, 0.3) is 0 Å². The van der Waals surface area contributed by atoms with Crippen molar-refractivity contribution >= 4 is 12.1 Å². The molecule has 1 aromatic rings. The van der Waals surface area contributed by atoms with Crippen LogP contribution < -0.4 is 5.32 Å². The van der Waals surface area contributed by atoms with Crippen molar-refractivity contribution in [1.29, 1.82) is 0 Å². The number of carbonyl (C=O) groups is 2. The molecule has 6 heteroatoms. The number of aliphatic hydroxyl groups excluding tert-OH is 1. The van der Waals surface area contributed by atoms with Gasteiger partial charge in [-0.1, -0.05) is 24.0 Å². The van der Waals surface area contributed by atoms with E-state index in [1.165, 1.54) is 0 Å². The first-order valence-corrected chi connectivity index (χ1v) is 8.81. The van der Waals surface area contributed by atoms with Crippen molar-refractivity contribution in [2.45, 2.75) is 65.2 Å². The number of hydrogen-bond acceptors (Lipinski definition) is 5. The monoisotopic (exact) mass is 375 g/mol. The summed E-state index contributed by atoms with van der Waals surface area (Å²) in [4.78, 5) is 24.6. The van der Waals surface area contributed by atoms with Crippen molar-refractivity contribution < 1.29 is 24.2 Å². The number of aliphatic hydroxyl groups is 1. The van der Waals surface area contributed by atoms with Crippen LogP contribution in [0, 0.1) is 11.8 Å². The van der Waals surface area contributed by atoms with Gasteiger partial charge in [-0.2, -0.15) is 0 Å². The zero-order valence-electron chi connectivity index (χ0n) is 16.9. The Morgan fingerprint density at radius 1 is 1.04 bits per heavy atom. The first kappa shape index (κ1) is 22.5. The van der Waals surface area contributed by atoms with E-state index >= 15 is 0 Å². The lowest BCUT2D eigenvalue weighted by molar-refractivity contribution is -0.157. The van der Waals surface area contributed by atoms with Gasteiger partial charge < -0.3 is 19.9 Å². The van der Waals surface area contributed by atoms with E-state index in [1.54, 1.807) is 53.7 Å². The Morgan fingerprint density at radius 2 is 1.59 bits per heavy atom. The minimum absolute atomic E-state index is 0.206. The summed E-state index contributed by atoms with van der Waals surface area (Å²) in [5.74, 6) is 4.85. The van der Waals surface area contributed by atoms with E-state index in [9.17, 15) is 9.59 Å². The van der Waals surface area contributed by atoms with Gasteiger partial charge >= 0.3 is 12.1 Å².